The van der Waals surface area contributed by atoms with Crippen molar-refractivity contribution >= 4 is 45.4 Å². The van der Waals surface area contributed by atoms with Gasteiger partial charge in [-0.3, -0.25) is 4.79 Å². The van der Waals surface area contributed by atoms with Crippen molar-refractivity contribution in [3.05, 3.63) is 82.8 Å². The zero-order valence-electron chi connectivity index (χ0n) is 17.4. The van der Waals surface area contributed by atoms with Crippen LogP contribution in [0, 0.1) is 6.92 Å². The number of amides is 1. The lowest BCUT2D eigenvalue weighted by molar-refractivity contribution is 0.103. The Morgan fingerprint density at radius 1 is 1.22 bits per heavy atom. The van der Waals surface area contributed by atoms with E-state index in [9.17, 15) is 4.79 Å². The highest BCUT2D eigenvalue weighted by Crippen LogP contribution is 2.28. The monoisotopic (exact) mass is 467 g/mol. The van der Waals surface area contributed by atoms with Gasteiger partial charge in [0.1, 0.15) is 10.6 Å². The maximum Gasteiger partial charge on any atom is 0.267 e. The lowest BCUT2D eigenvalue weighted by Gasteiger charge is -2.09. The van der Waals surface area contributed by atoms with Gasteiger partial charge in [0.25, 0.3) is 5.91 Å². The number of rotatable bonds is 9. The summed E-state index contributed by atoms with van der Waals surface area (Å²) in [5, 5.41) is 7.21. The fourth-order valence-electron chi connectivity index (χ4n) is 3.02. The van der Waals surface area contributed by atoms with Crippen molar-refractivity contribution in [1.29, 1.82) is 0 Å². The third kappa shape index (κ3) is 5.66. The Kier molecular flexibility index (Phi) is 7.03. The van der Waals surface area contributed by atoms with E-state index in [1.165, 1.54) is 11.3 Å². The number of imidazole rings is 1. The van der Waals surface area contributed by atoms with E-state index in [0.717, 1.165) is 30.0 Å². The first-order valence-electron chi connectivity index (χ1n) is 10.1. The summed E-state index contributed by atoms with van der Waals surface area (Å²) in [5.41, 5.74) is 2.37. The Morgan fingerprint density at radius 3 is 2.81 bits per heavy atom. The fraction of sp³-hybridized carbons (Fsp3) is 0.174. The molecule has 0 fully saturated rings. The van der Waals surface area contributed by atoms with Gasteiger partial charge in [-0.15, -0.1) is 0 Å². The molecule has 4 aromatic rings. The number of nitrogens with zero attached hydrogens (tertiary/aromatic N) is 3. The van der Waals surface area contributed by atoms with Crippen LogP contribution < -0.4 is 15.4 Å². The molecule has 4 rings (SSSR count). The molecule has 2 aromatic carbocycles. The summed E-state index contributed by atoms with van der Waals surface area (Å²) in [4.78, 5) is 21.4. The van der Waals surface area contributed by atoms with Crippen molar-refractivity contribution in [1.82, 2.24) is 14.5 Å². The smallest absolute Gasteiger partial charge is 0.267 e. The number of ether oxygens (including phenoxy) is 1. The minimum atomic E-state index is -0.244. The van der Waals surface area contributed by atoms with Crippen LogP contribution in [0.15, 0.2) is 67.4 Å². The van der Waals surface area contributed by atoms with E-state index in [2.05, 4.69) is 20.6 Å². The van der Waals surface area contributed by atoms with Crippen LogP contribution in [0.4, 0.5) is 16.5 Å². The molecule has 2 N–H and O–H groups in total. The molecule has 0 aliphatic rings. The van der Waals surface area contributed by atoms with Crippen LogP contribution in [-0.4, -0.2) is 27.0 Å². The molecule has 7 nitrogen and oxygen atoms in total. The molecule has 9 heteroatoms. The number of hydrogen-bond donors (Lipinski definition) is 2. The molecule has 0 atom stereocenters. The van der Waals surface area contributed by atoms with Crippen molar-refractivity contribution in [2.24, 2.45) is 0 Å². The Morgan fingerprint density at radius 2 is 2.06 bits per heavy atom. The predicted octanol–water partition coefficient (Wildman–Crippen LogP) is 5.77. The van der Waals surface area contributed by atoms with Crippen molar-refractivity contribution < 1.29 is 9.53 Å². The highest BCUT2D eigenvalue weighted by molar-refractivity contribution is 7.17. The predicted molar refractivity (Wildman–Crippen MR) is 128 cm³/mol. The SMILES string of the molecule is Cc1cccc(Cl)c1NC(=O)c1cnc(Nc2ccc(OCCCn3ccnc3)cc2)s1. The van der Waals surface area contributed by atoms with Crippen molar-refractivity contribution in [3.8, 4) is 5.75 Å². The zero-order chi connectivity index (χ0) is 22.3. The molecule has 0 saturated carbocycles. The van der Waals surface area contributed by atoms with Gasteiger partial charge in [0.15, 0.2) is 5.13 Å². The first kappa shape index (κ1) is 21.9. The fourth-order valence-corrected chi connectivity index (χ4v) is 4.02. The number of halogens is 1. The van der Waals surface area contributed by atoms with E-state index >= 15 is 0 Å². The summed E-state index contributed by atoms with van der Waals surface area (Å²) in [6, 6.07) is 13.1. The van der Waals surface area contributed by atoms with Crippen LogP contribution in [0.2, 0.25) is 5.02 Å². The molecule has 2 aromatic heterocycles. The molecule has 0 aliphatic heterocycles. The van der Waals surface area contributed by atoms with Gasteiger partial charge in [-0.25, -0.2) is 9.97 Å². The van der Waals surface area contributed by atoms with Crippen molar-refractivity contribution in [3.63, 3.8) is 0 Å². The Bertz CT molecular complexity index is 1160. The molecule has 164 valence electrons. The topological polar surface area (TPSA) is 81.1 Å². The standard InChI is InChI=1S/C23H22ClN5O2S/c1-16-4-2-5-19(24)21(16)28-22(30)20-14-26-23(32-20)27-17-6-8-18(9-7-17)31-13-3-11-29-12-10-25-15-29/h2,4-10,12,14-15H,3,11,13H2,1H3,(H,26,27)(H,28,30). The zero-order valence-corrected chi connectivity index (χ0v) is 19.0. The average molecular weight is 468 g/mol. The summed E-state index contributed by atoms with van der Waals surface area (Å²) in [5.74, 6) is 0.557. The molecule has 0 radical (unpaired) electrons. The highest BCUT2D eigenvalue weighted by atomic mass is 35.5. The molecular formula is C23H22ClN5O2S. The second-order valence-corrected chi connectivity index (χ2v) is 8.51. The largest absolute Gasteiger partial charge is 0.494 e. The summed E-state index contributed by atoms with van der Waals surface area (Å²) < 4.78 is 7.81. The number of hydrogen-bond acceptors (Lipinski definition) is 6. The molecule has 0 saturated heterocycles. The van der Waals surface area contributed by atoms with Crippen LogP contribution in [-0.2, 0) is 6.54 Å². The Balaban J connectivity index is 1.28. The summed E-state index contributed by atoms with van der Waals surface area (Å²) >= 11 is 7.47. The number of aryl methyl sites for hydroxylation is 2. The first-order valence-corrected chi connectivity index (χ1v) is 11.3. The van der Waals surface area contributed by atoms with Crippen molar-refractivity contribution in [2.75, 3.05) is 17.2 Å². The quantitative estimate of drug-likeness (QED) is 0.305. The number of para-hydroxylation sites is 1. The van der Waals surface area contributed by atoms with E-state index in [0.29, 0.717) is 27.3 Å². The third-order valence-electron chi connectivity index (χ3n) is 4.68. The lowest BCUT2D eigenvalue weighted by Crippen LogP contribution is -2.11. The normalized spacial score (nSPS) is 10.7. The number of aromatic nitrogens is 3. The maximum absolute atomic E-state index is 12.6. The van der Waals surface area contributed by atoms with Gasteiger partial charge in [-0.1, -0.05) is 35.1 Å². The van der Waals surface area contributed by atoms with Gasteiger partial charge >= 0.3 is 0 Å². The van der Waals surface area contributed by atoms with Crippen LogP contribution in [0.1, 0.15) is 21.7 Å². The summed E-state index contributed by atoms with van der Waals surface area (Å²) in [7, 11) is 0. The minimum absolute atomic E-state index is 0.244. The highest BCUT2D eigenvalue weighted by Gasteiger charge is 2.14. The van der Waals surface area contributed by atoms with Gasteiger partial charge < -0.3 is 19.9 Å². The number of anilines is 3. The molecular weight excluding hydrogens is 446 g/mol. The second kappa shape index (κ2) is 10.3. The van der Waals surface area contributed by atoms with Crippen LogP contribution in [0.3, 0.4) is 0 Å². The average Bonchev–Trinajstić information content (AvgIpc) is 3.47. The molecule has 0 bridgehead atoms. The van der Waals surface area contributed by atoms with Crippen LogP contribution in [0.25, 0.3) is 0 Å². The van der Waals surface area contributed by atoms with E-state index in [-0.39, 0.29) is 5.91 Å². The van der Waals surface area contributed by atoms with Crippen molar-refractivity contribution in [2.45, 2.75) is 19.9 Å². The molecule has 32 heavy (non-hydrogen) atoms. The van der Waals surface area contributed by atoms with Gasteiger partial charge in [-0.05, 0) is 49.2 Å². The minimum Gasteiger partial charge on any atom is -0.494 e. The number of carbonyl (C=O) groups excluding carboxylic acids is 1. The summed E-state index contributed by atoms with van der Waals surface area (Å²) in [6.45, 7) is 3.39. The Labute approximate surface area is 195 Å². The molecule has 0 spiro atoms. The van der Waals surface area contributed by atoms with E-state index < -0.39 is 0 Å². The molecule has 0 aliphatic carbocycles. The first-order chi connectivity index (χ1) is 15.6. The molecule has 2 heterocycles. The number of benzene rings is 2. The third-order valence-corrected chi connectivity index (χ3v) is 5.91. The van der Waals surface area contributed by atoms with Gasteiger partial charge in [0.2, 0.25) is 0 Å². The van der Waals surface area contributed by atoms with Gasteiger partial charge in [-0.2, -0.15) is 0 Å². The molecule has 0 unspecified atom stereocenters. The van der Waals surface area contributed by atoms with E-state index in [1.54, 1.807) is 24.8 Å². The Hall–Kier alpha value is -3.36. The number of thiazole rings is 1. The van der Waals surface area contributed by atoms with E-state index in [1.807, 2.05) is 54.1 Å². The van der Waals surface area contributed by atoms with Crippen LogP contribution in [0.5, 0.6) is 5.75 Å². The van der Waals surface area contributed by atoms with Gasteiger partial charge in [0.05, 0.1) is 29.8 Å². The number of nitrogens with one attached hydrogen (secondary N) is 2. The van der Waals surface area contributed by atoms with Gasteiger partial charge in [0, 0.05) is 24.6 Å². The number of carbonyl (C=O) groups is 1. The van der Waals surface area contributed by atoms with Crippen LogP contribution >= 0.6 is 22.9 Å². The second-order valence-electron chi connectivity index (χ2n) is 7.07. The summed E-state index contributed by atoms with van der Waals surface area (Å²) in [6.07, 6.45) is 7.95. The maximum atomic E-state index is 12.6. The lowest BCUT2D eigenvalue weighted by atomic mass is 10.2. The van der Waals surface area contributed by atoms with E-state index in [4.69, 9.17) is 16.3 Å². The molecule has 1 amide bonds.